The Balaban J connectivity index is 1.95. The van der Waals surface area contributed by atoms with Crippen LogP contribution in [-0.4, -0.2) is 28.9 Å². The van der Waals surface area contributed by atoms with Gasteiger partial charge in [-0.1, -0.05) is 48.0 Å². The van der Waals surface area contributed by atoms with Crippen LogP contribution in [0.2, 0.25) is 5.02 Å². The molecule has 6 heteroatoms. The van der Waals surface area contributed by atoms with Crippen LogP contribution >= 0.6 is 11.6 Å². The molecule has 0 bridgehead atoms. The molecule has 0 N–H and O–H groups in total. The molecule has 1 saturated heterocycles. The van der Waals surface area contributed by atoms with Gasteiger partial charge in [-0.15, -0.1) is 0 Å². The zero-order valence-corrected chi connectivity index (χ0v) is 14.9. The van der Waals surface area contributed by atoms with Crippen LogP contribution in [0.4, 0.5) is 4.39 Å². The number of halogens is 2. The fourth-order valence-electron chi connectivity index (χ4n) is 3.33. The number of nitrogens with zero attached hydrogens (tertiary/aromatic N) is 1. The van der Waals surface area contributed by atoms with Crippen molar-refractivity contribution < 1.29 is 18.8 Å². The van der Waals surface area contributed by atoms with Crippen molar-refractivity contribution in [3.05, 3.63) is 70.5 Å². The lowest BCUT2D eigenvalue weighted by Gasteiger charge is -2.27. The SMILES string of the molecule is CC(=O)C1C(=O)C(=O)N(CCc2ccccc2)C1c1ccc(Cl)c(F)c1. The number of ketones is 2. The Hall–Kier alpha value is -2.53. The van der Waals surface area contributed by atoms with E-state index in [4.69, 9.17) is 11.6 Å². The average molecular weight is 374 g/mol. The van der Waals surface area contributed by atoms with Gasteiger partial charge in [0, 0.05) is 6.54 Å². The first-order valence-electron chi connectivity index (χ1n) is 8.24. The minimum Gasteiger partial charge on any atom is -0.328 e. The lowest BCUT2D eigenvalue weighted by molar-refractivity contribution is -0.142. The number of amides is 1. The van der Waals surface area contributed by atoms with Gasteiger partial charge in [0.05, 0.1) is 11.1 Å². The number of carbonyl (C=O) groups excluding carboxylic acids is 3. The third-order valence-corrected chi connectivity index (χ3v) is 4.92. The maximum absolute atomic E-state index is 13.9. The van der Waals surface area contributed by atoms with Gasteiger partial charge in [-0.2, -0.15) is 0 Å². The summed E-state index contributed by atoms with van der Waals surface area (Å²) < 4.78 is 13.9. The van der Waals surface area contributed by atoms with Crippen molar-refractivity contribution >= 4 is 29.1 Å². The van der Waals surface area contributed by atoms with Crippen LogP contribution in [0.1, 0.15) is 24.1 Å². The van der Waals surface area contributed by atoms with E-state index >= 15 is 0 Å². The van der Waals surface area contributed by atoms with E-state index in [1.54, 1.807) is 6.07 Å². The second-order valence-electron chi connectivity index (χ2n) is 6.31. The third kappa shape index (κ3) is 3.40. The van der Waals surface area contributed by atoms with Crippen molar-refractivity contribution in [2.24, 2.45) is 5.92 Å². The van der Waals surface area contributed by atoms with Crippen molar-refractivity contribution in [2.45, 2.75) is 19.4 Å². The third-order valence-electron chi connectivity index (χ3n) is 4.61. The van der Waals surface area contributed by atoms with E-state index in [0.29, 0.717) is 12.0 Å². The fraction of sp³-hybridized carbons (Fsp3) is 0.250. The van der Waals surface area contributed by atoms with E-state index in [1.807, 2.05) is 30.3 Å². The van der Waals surface area contributed by atoms with E-state index < -0.39 is 35.3 Å². The number of rotatable bonds is 5. The summed E-state index contributed by atoms with van der Waals surface area (Å²) in [7, 11) is 0. The topological polar surface area (TPSA) is 54.5 Å². The maximum Gasteiger partial charge on any atom is 0.291 e. The van der Waals surface area contributed by atoms with Gasteiger partial charge in [-0.25, -0.2) is 4.39 Å². The van der Waals surface area contributed by atoms with Crippen molar-refractivity contribution in [1.82, 2.24) is 4.90 Å². The molecule has 2 atom stereocenters. The van der Waals surface area contributed by atoms with E-state index in [0.717, 1.165) is 5.56 Å². The molecule has 1 aliphatic rings. The van der Waals surface area contributed by atoms with Crippen LogP contribution in [0.5, 0.6) is 0 Å². The second kappa shape index (κ2) is 7.38. The van der Waals surface area contributed by atoms with Gasteiger partial charge >= 0.3 is 0 Å². The second-order valence-corrected chi connectivity index (χ2v) is 6.71. The first-order valence-corrected chi connectivity index (χ1v) is 8.62. The molecule has 2 aromatic rings. The lowest BCUT2D eigenvalue weighted by Crippen LogP contribution is -2.32. The summed E-state index contributed by atoms with van der Waals surface area (Å²) in [6, 6.07) is 12.8. The van der Waals surface area contributed by atoms with Crippen LogP contribution < -0.4 is 0 Å². The highest BCUT2D eigenvalue weighted by Gasteiger charge is 2.50. The van der Waals surface area contributed by atoms with Crippen LogP contribution in [0.25, 0.3) is 0 Å². The fourth-order valence-corrected chi connectivity index (χ4v) is 3.45. The highest BCUT2D eigenvalue weighted by Crippen LogP contribution is 2.37. The van der Waals surface area contributed by atoms with Gasteiger partial charge in [-0.3, -0.25) is 14.4 Å². The molecule has 1 aliphatic heterocycles. The molecule has 26 heavy (non-hydrogen) atoms. The molecule has 0 aromatic heterocycles. The van der Waals surface area contributed by atoms with Gasteiger partial charge < -0.3 is 4.90 Å². The molecule has 1 fully saturated rings. The van der Waals surface area contributed by atoms with E-state index in [-0.39, 0.29) is 11.6 Å². The summed E-state index contributed by atoms with van der Waals surface area (Å²) in [6.45, 7) is 1.53. The number of benzene rings is 2. The number of carbonyl (C=O) groups is 3. The van der Waals surface area contributed by atoms with Crippen molar-refractivity contribution in [3.63, 3.8) is 0 Å². The zero-order valence-electron chi connectivity index (χ0n) is 14.1. The van der Waals surface area contributed by atoms with Crippen molar-refractivity contribution in [2.75, 3.05) is 6.54 Å². The van der Waals surface area contributed by atoms with E-state index in [1.165, 1.54) is 24.0 Å². The summed E-state index contributed by atoms with van der Waals surface area (Å²) in [6.07, 6.45) is 0.525. The molecule has 2 aromatic carbocycles. The molecule has 0 spiro atoms. The Kier molecular flexibility index (Phi) is 5.18. The molecule has 2 unspecified atom stereocenters. The van der Waals surface area contributed by atoms with Gasteiger partial charge in [0.25, 0.3) is 5.91 Å². The van der Waals surface area contributed by atoms with Crippen LogP contribution in [0.3, 0.4) is 0 Å². The zero-order chi connectivity index (χ0) is 18.8. The summed E-state index contributed by atoms with van der Waals surface area (Å²) in [5.74, 6) is -3.64. The molecular weight excluding hydrogens is 357 g/mol. The van der Waals surface area contributed by atoms with Gasteiger partial charge in [-0.05, 0) is 36.6 Å². The molecular formula is C20H17ClFNO3. The standard InChI is InChI=1S/C20H17ClFNO3/c1-12(24)17-18(14-7-8-15(21)16(22)11-14)23(20(26)19(17)25)10-9-13-5-3-2-4-6-13/h2-8,11,17-18H,9-10H2,1H3. The molecule has 0 aliphatic carbocycles. The Labute approximate surface area is 155 Å². The minimum atomic E-state index is -1.13. The van der Waals surface area contributed by atoms with Gasteiger partial charge in [0.1, 0.15) is 17.5 Å². The van der Waals surface area contributed by atoms with Crippen LogP contribution in [0.15, 0.2) is 48.5 Å². The highest BCUT2D eigenvalue weighted by molar-refractivity contribution is 6.42. The molecule has 134 valence electrons. The molecule has 4 nitrogen and oxygen atoms in total. The Morgan fingerprint density at radius 2 is 1.85 bits per heavy atom. The Bertz CT molecular complexity index is 869. The smallest absolute Gasteiger partial charge is 0.291 e. The normalized spacial score (nSPS) is 19.9. The first kappa shape index (κ1) is 18.3. The van der Waals surface area contributed by atoms with Crippen molar-refractivity contribution in [1.29, 1.82) is 0 Å². The minimum absolute atomic E-state index is 0.0559. The monoisotopic (exact) mass is 373 g/mol. The Morgan fingerprint density at radius 1 is 1.15 bits per heavy atom. The summed E-state index contributed by atoms with van der Waals surface area (Å²) in [5.41, 5.74) is 1.39. The molecule has 0 radical (unpaired) electrons. The number of hydrogen-bond acceptors (Lipinski definition) is 3. The molecule has 0 saturated carbocycles. The van der Waals surface area contributed by atoms with E-state index in [9.17, 15) is 18.8 Å². The summed E-state index contributed by atoms with van der Waals surface area (Å²) >= 11 is 5.73. The number of hydrogen-bond donors (Lipinski definition) is 0. The largest absolute Gasteiger partial charge is 0.328 e. The van der Waals surface area contributed by atoms with Gasteiger partial charge in [0.15, 0.2) is 0 Å². The Morgan fingerprint density at radius 3 is 2.46 bits per heavy atom. The van der Waals surface area contributed by atoms with Crippen LogP contribution in [-0.2, 0) is 20.8 Å². The van der Waals surface area contributed by atoms with E-state index in [2.05, 4.69) is 0 Å². The quantitative estimate of drug-likeness (QED) is 0.596. The predicted octanol–water partition coefficient (Wildman–Crippen LogP) is 3.38. The molecule has 1 amide bonds. The van der Waals surface area contributed by atoms with Crippen molar-refractivity contribution in [3.8, 4) is 0 Å². The predicted molar refractivity (Wildman–Crippen MR) is 95.2 cm³/mol. The lowest BCUT2D eigenvalue weighted by atomic mass is 9.90. The number of likely N-dealkylation sites (tertiary alicyclic amines) is 1. The summed E-state index contributed by atoms with van der Waals surface area (Å²) in [4.78, 5) is 38.3. The number of Topliss-reactive ketones (excluding diaryl/α,β-unsaturated/α-hetero) is 2. The highest BCUT2D eigenvalue weighted by atomic mass is 35.5. The molecule has 3 rings (SSSR count). The average Bonchev–Trinajstić information content (AvgIpc) is 2.88. The summed E-state index contributed by atoms with van der Waals surface area (Å²) in [5, 5.41) is -0.0559. The first-order chi connectivity index (χ1) is 12.4. The van der Waals surface area contributed by atoms with Crippen LogP contribution in [0, 0.1) is 11.7 Å². The molecule has 1 heterocycles. The maximum atomic E-state index is 13.9. The van der Waals surface area contributed by atoms with Gasteiger partial charge in [0.2, 0.25) is 5.78 Å².